The fourth-order valence-corrected chi connectivity index (χ4v) is 1.81. The maximum atomic E-state index is 11.8. The molecule has 1 unspecified atom stereocenters. The van der Waals surface area contributed by atoms with Crippen LogP contribution < -0.4 is 5.32 Å². The maximum absolute atomic E-state index is 11.8. The van der Waals surface area contributed by atoms with Crippen LogP contribution in [-0.4, -0.2) is 23.0 Å². The van der Waals surface area contributed by atoms with Gasteiger partial charge < -0.3 is 10.4 Å². The summed E-state index contributed by atoms with van der Waals surface area (Å²) in [7, 11) is 0. The lowest BCUT2D eigenvalue weighted by atomic mass is 10.1. The summed E-state index contributed by atoms with van der Waals surface area (Å²) in [4.78, 5) is 22.4. The third-order valence-electron chi connectivity index (χ3n) is 2.34. The number of hydrogen-bond donors (Lipinski definition) is 2. The van der Waals surface area contributed by atoms with Gasteiger partial charge in [0, 0.05) is 16.1 Å². The molecule has 1 amide bonds. The average molecular weight is 300 g/mol. The molecule has 0 fully saturated rings. The maximum Gasteiger partial charge on any atom is 0.305 e. The van der Waals surface area contributed by atoms with Gasteiger partial charge in [-0.05, 0) is 24.6 Å². The topological polar surface area (TPSA) is 66.4 Å². The van der Waals surface area contributed by atoms with Crippen molar-refractivity contribution in [1.82, 2.24) is 5.32 Å². The number of benzene rings is 1. The Morgan fingerprint density at radius 3 is 2.71 bits per heavy atom. The summed E-state index contributed by atoms with van der Waals surface area (Å²) in [5.41, 5.74) is 0.517. The number of carboxylic acid groups (broad SMARTS) is 1. The fraction of sp³-hybridized carbons (Fsp3) is 0.333. The summed E-state index contributed by atoms with van der Waals surface area (Å²) in [6.07, 6.45) is 0.530. The molecule has 0 aromatic heterocycles. The summed E-state index contributed by atoms with van der Waals surface area (Å²) in [6.45, 7) is 1.84. The number of rotatable bonds is 5. The Bertz CT molecular complexity index is 420. The minimum Gasteiger partial charge on any atom is -0.481 e. The highest BCUT2D eigenvalue weighted by Crippen LogP contribution is 2.12. The van der Waals surface area contributed by atoms with E-state index in [2.05, 4.69) is 21.2 Å². The Labute approximate surface area is 108 Å². The second-order valence-electron chi connectivity index (χ2n) is 3.69. The first-order valence-corrected chi connectivity index (χ1v) is 6.10. The van der Waals surface area contributed by atoms with Crippen LogP contribution in [0.4, 0.5) is 0 Å². The summed E-state index contributed by atoms with van der Waals surface area (Å²) < 4.78 is 0.816. The average Bonchev–Trinajstić information content (AvgIpc) is 2.27. The van der Waals surface area contributed by atoms with Crippen molar-refractivity contribution in [2.75, 3.05) is 0 Å². The minimum atomic E-state index is -0.911. The Kier molecular flexibility index (Phi) is 5.15. The zero-order chi connectivity index (χ0) is 12.8. The quantitative estimate of drug-likeness (QED) is 0.877. The van der Waals surface area contributed by atoms with Crippen molar-refractivity contribution >= 4 is 27.8 Å². The van der Waals surface area contributed by atoms with Crippen molar-refractivity contribution in [1.29, 1.82) is 0 Å². The van der Waals surface area contributed by atoms with Crippen LogP contribution in [0.25, 0.3) is 0 Å². The molecule has 0 saturated heterocycles. The van der Waals surface area contributed by atoms with Crippen LogP contribution in [0.1, 0.15) is 30.1 Å². The number of carbonyl (C=O) groups is 2. The number of nitrogens with one attached hydrogen (secondary N) is 1. The largest absolute Gasteiger partial charge is 0.481 e. The highest BCUT2D eigenvalue weighted by atomic mass is 79.9. The van der Waals surface area contributed by atoms with Gasteiger partial charge in [-0.1, -0.05) is 28.9 Å². The predicted molar refractivity (Wildman–Crippen MR) is 67.9 cm³/mol. The lowest BCUT2D eigenvalue weighted by Crippen LogP contribution is -2.36. The standard InChI is InChI=1S/C12H14BrNO3/c1-2-10(7-11(15)16)14-12(17)8-4-3-5-9(13)6-8/h3-6,10H,2,7H2,1H3,(H,14,17)(H,15,16). The van der Waals surface area contributed by atoms with E-state index in [1.54, 1.807) is 18.2 Å². The Morgan fingerprint density at radius 2 is 2.18 bits per heavy atom. The Morgan fingerprint density at radius 1 is 1.47 bits per heavy atom. The van der Waals surface area contributed by atoms with Crippen molar-refractivity contribution in [3.05, 3.63) is 34.3 Å². The second-order valence-corrected chi connectivity index (χ2v) is 4.60. The molecule has 0 spiro atoms. The first-order chi connectivity index (χ1) is 8.02. The molecule has 0 aliphatic carbocycles. The van der Waals surface area contributed by atoms with Crippen molar-refractivity contribution < 1.29 is 14.7 Å². The summed E-state index contributed by atoms with van der Waals surface area (Å²) in [5.74, 6) is -1.16. The van der Waals surface area contributed by atoms with Gasteiger partial charge in [0.15, 0.2) is 0 Å². The first-order valence-electron chi connectivity index (χ1n) is 5.31. The molecule has 1 atom stereocenters. The lowest BCUT2D eigenvalue weighted by Gasteiger charge is -2.14. The zero-order valence-corrected chi connectivity index (χ0v) is 11.0. The van der Waals surface area contributed by atoms with E-state index in [0.29, 0.717) is 12.0 Å². The van der Waals surface area contributed by atoms with Gasteiger partial charge in [-0.15, -0.1) is 0 Å². The van der Waals surface area contributed by atoms with Gasteiger partial charge in [0.2, 0.25) is 0 Å². The van der Waals surface area contributed by atoms with Gasteiger partial charge in [-0.2, -0.15) is 0 Å². The van der Waals surface area contributed by atoms with E-state index in [9.17, 15) is 9.59 Å². The Hall–Kier alpha value is -1.36. The third kappa shape index (κ3) is 4.56. The molecule has 0 bridgehead atoms. The van der Waals surface area contributed by atoms with Crippen LogP contribution in [-0.2, 0) is 4.79 Å². The monoisotopic (exact) mass is 299 g/mol. The van der Waals surface area contributed by atoms with E-state index in [1.807, 2.05) is 13.0 Å². The molecule has 0 radical (unpaired) electrons. The molecule has 5 heteroatoms. The summed E-state index contributed by atoms with van der Waals surface area (Å²) in [6, 6.07) is 6.64. The number of amides is 1. The molecule has 1 aromatic carbocycles. The molecule has 0 aliphatic heterocycles. The molecule has 1 rings (SSSR count). The van der Waals surface area contributed by atoms with E-state index < -0.39 is 5.97 Å². The smallest absolute Gasteiger partial charge is 0.305 e. The van der Waals surface area contributed by atoms with Crippen LogP contribution in [0.15, 0.2) is 28.7 Å². The second kappa shape index (κ2) is 6.39. The van der Waals surface area contributed by atoms with Gasteiger partial charge in [0.1, 0.15) is 0 Å². The molecule has 0 aliphatic rings. The normalized spacial score (nSPS) is 11.9. The van der Waals surface area contributed by atoms with Crippen LogP contribution in [0, 0.1) is 0 Å². The minimum absolute atomic E-state index is 0.0593. The molecule has 2 N–H and O–H groups in total. The fourth-order valence-electron chi connectivity index (χ4n) is 1.41. The molecule has 0 saturated carbocycles. The van der Waals surface area contributed by atoms with Crippen LogP contribution >= 0.6 is 15.9 Å². The van der Waals surface area contributed by atoms with E-state index >= 15 is 0 Å². The SMILES string of the molecule is CCC(CC(=O)O)NC(=O)c1cccc(Br)c1. The van der Waals surface area contributed by atoms with E-state index in [1.165, 1.54) is 0 Å². The lowest BCUT2D eigenvalue weighted by molar-refractivity contribution is -0.137. The van der Waals surface area contributed by atoms with Crippen molar-refractivity contribution in [3.8, 4) is 0 Å². The van der Waals surface area contributed by atoms with Gasteiger partial charge in [-0.3, -0.25) is 9.59 Å². The van der Waals surface area contributed by atoms with Gasteiger partial charge >= 0.3 is 5.97 Å². The number of carbonyl (C=O) groups excluding carboxylic acids is 1. The predicted octanol–water partition coefficient (Wildman–Crippen LogP) is 2.43. The third-order valence-corrected chi connectivity index (χ3v) is 2.83. The molecular formula is C12H14BrNO3. The first kappa shape index (κ1) is 13.7. The van der Waals surface area contributed by atoms with E-state index in [0.717, 1.165) is 4.47 Å². The van der Waals surface area contributed by atoms with Crippen molar-refractivity contribution in [2.45, 2.75) is 25.8 Å². The van der Waals surface area contributed by atoms with E-state index in [-0.39, 0.29) is 18.4 Å². The summed E-state index contributed by atoms with van der Waals surface area (Å²) in [5, 5.41) is 11.4. The molecule has 1 aromatic rings. The van der Waals surface area contributed by atoms with Gasteiger partial charge in [0.05, 0.1) is 6.42 Å². The summed E-state index contributed by atoms with van der Waals surface area (Å²) >= 11 is 3.28. The van der Waals surface area contributed by atoms with Crippen LogP contribution in [0.5, 0.6) is 0 Å². The molecule has 17 heavy (non-hydrogen) atoms. The number of aliphatic carboxylic acids is 1. The molecule has 4 nitrogen and oxygen atoms in total. The number of hydrogen-bond acceptors (Lipinski definition) is 2. The van der Waals surface area contributed by atoms with Crippen LogP contribution in [0.3, 0.4) is 0 Å². The van der Waals surface area contributed by atoms with Crippen molar-refractivity contribution in [2.24, 2.45) is 0 Å². The number of carboxylic acids is 1. The zero-order valence-electron chi connectivity index (χ0n) is 9.44. The highest BCUT2D eigenvalue weighted by Gasteiger charge is 2.15. The Balaban J connectivity index is 2.67. The van der Waals surface area contributed by atoms with Gasteiger partial charge in [0.25, 0.3) is 5.91 Å². The van der Waals surface area contributed by atoms with Gasteiger partial charge in [-0.25, -0.2) is 0 Å². The molecule has 92 valence electrons. The molecule has 0 heterocycles. The highest BCUT2D eigenvalue weighted by molar-refractivity contribution is 9.10. The van der Waals surface area contributed by atoms with E-state index in [4.69, 9.17) is 5.11 Å². The number of halogens is 1. The molecular weight excluding hydrogens is 286 g/mol. The van der Waals surface area contributed by atoms with Crippen molar-refractivity contribution in [3.63, 3.8) is 0 Å². The van der Waals surface area contributed by atoms with Crippen LogP contribution in [0.2, 0.25) is 0 Å².